The Balaban J connectivity index is 1.90. The molecule has 2 atom stereocenters. The predicted molar refractivity (Wildman–Crippen MR) is 70.5 cm³/mol. The molecule has 3 rings (SSSR count). The Bertz CT molecular complexity index is 594. The molecule has 0 radical (unpaired) electrons. The Labute approximate surface area is 115 Å². The third-order valence-corrected chi connectivity index (χ3v) is 3.61. The highest BCUT2D eigenvalue weighted by molar-refractivity contribution is 6.09. The summed E-state index contributed by atoms with van der Waals surface area (Å²) in [6.07, 6.45) is 0.750. The summed E-state index contributed by atoms with van der Waals surface area (Å²) in [5.41, 5.74) is 1.69. The summed E-state index contributed by atoms with van der Waals surface area (Å²) in [5, 5.41) is 14.1. The van der Waals surface area contributed by atoms with E-state index < -0.39 is 5.97 Å². The van der Waals surface area contributed by atoms with E-state index >= 15 is 0 Å². The SMILES string of the molecule is COc1ccc(C2=NN(CC(=O)O)C(=O)[C@H]3C[C@@H]23)cc1. The summed E-state index contributed by atoms with van der Waals surface area (Å²) in [6, 6.07) is 7.41. The second kappa shape index (κ2) is 4.63. The van der Waals surface area contributed by atoms with Crippen LogP contribution in [0.25, 0.3) is 0 Å². The molecule has 1 aliphatic heterocycles. The summed E-state index contributed by atoms with van der Waals surface area (Å²) in [4.78, 5) is 22.7. The zero-order valence-electron chi connectivity index (χ0n) is 10.9. The molecule has 1 saturated carbocycles. The lowest BCUT2D eigenvalue weighted by Gasteiger charge is -2.21. The second-order valence-electron chi connectivity index (χ2n) is 4.95. The number of fused-ring (bicyclic) bond motifs is 1. The summed E-state index contributed by atoms with van der Waals surface area (Å²) >= 11 is 0. The van der Waals surface area contributed by atoms with Crippen LogP contribution in [0.3, 0.4) is 0 Å². The average Bonchev–Trinajstić information content (AvgIpc) is 3.22. The number of aliphatic carboxylic acids is 1. The molecule has 1 aliphatic carbocycles. The number of rotatable bonds is 4. The number of hydrogen-bond acceptors (Lipinski definition) is 4. The lowest BCUT2D eigenvalue weighted by molar-refractivity contribution is -0.145. The lowest BCUT2D eigenvalue weighted by Crippen LogP contribution is -2.37. The van der Waals surface area contributed by atoms with Crippen molar-refractivity contribution in [1.82, 2.24) is 5.01 Å². The molecule has 1 heterocycles. The van der Waals surface area contributed by atoms with E-state index in [9.17, 15) is 9.59 Å². The molecule has 2 aliphatic rings. The first-order valence-electron chi connectivity index (χ1n) is 6.36. The van der Waals surface area contributed by atoms with Crippen LogP contribution in [0.2, 0.25) is 0 Å². The maximum absolute atomic E-state index is 11.9. The Morgan fingerprint density at radius 3 is 2.70 bits per heavy atom. The van der Waals surface area contributed by atoms with Gasteiger partial charge in [0.25, 0.3) is 0 Å². The molecular weight excluding hydrogens is 260 g/mol. The van der Waals surface area contributed by atoms with Gasteiger partial charge >= 0.3 is 5.97 Å². The van der Waals surface area contributed by atoms with Crippen LogP contribution >= 0.6 is 0 Å². The molecule has 1 aromatic rings. The van der Waals surface area contributed by atoms with Gasteiger partial charge in [0.15, 0.2) is 0 Å². The topological polar surface area (TPSA) is 79.2 Å². The molecule has 0 spiro atoms. The number of hydrogen-bond donors (Lipinski definition) is 1. The normalized spacial score (nSPS) is 23.9. The highest BCUT2D eigenvalue weighted by atomic mass is 16.5. The first-order chi connectivity index (χ1) is 9.60. The van der Waals surface area contributed by atoms with Crippen LogP contribution in [-0.2, 0) is 9.59 Å². The second-order valence-corrected chi connectivity index (χ2v) is 4.95. The number of methoxy groups -OCH3 is 1. The van der Waals surface area contributed by atoms with Crippen LogP contribution in [0.15, 0.2) is 29.4 Å². The molecule has 0 unspecified atom stereocenters. The number of carboxylic acids is 1. The van der Waals surface area contributed by atoms with Crippen molar-refractivity contribution in [3.05, 3.63) is 29.8 Å². The Kier molecular flexibility index (Phi) is 2.93. The fourth-order valence-corrected chi connectivity index (χ4v) is 2.49. The number of carboxylic acid groups (broad SMARTS) is 1. The van der Waals surface area contributed by atoms with Gasteiger partial charge in [0.1, 0.15) is 12.3 Å². The molecule has 6 heteroatoms. The zero-order chi connectivity index (χ0) is 14.3. The number of amides is 1. The molecule has 1 aromatic carbocycles. The average molecular weight is 274 g/mol. The number of hydrazone groups is 1. The fourth-order valence-electron chi connectivity index (χ4n) is 2.49. The maximum Gasteiger partial charge on any atom is 0.325 e. The Hall–Kier alpha value is -2.37. The monoisotopic (exact) mass is 274 g/mol. The van der Waals surface area contributed by atoms with Crippen LogP contribution in [0.4, 0.5) is 0 Å². The van der Waals surface area contributed by atoms with Crippen molar-refractivity contribution < 1.29 is 19.4 Å². The van der Waals surface area contributed by atoms with Crippen LogP contribution < -0.4 is 4.74 Å². The first-order valence-corrected chi connectivity index (χ1v) is 6.36. The van der Waals surface area contributed by atoms with Gasteiger partial charge in [0.05, 0.1) is 12.8 Å². The lowest BCUT2D eigenvalue weighted by atomic mass is 10.0. The van der Waals surface area contributed by atoms with Crippen molar-refractivity contribution in [2.24, 2.45) is 16.9 Å². The molecule has 104 valence electrons. The third-order valence-electron chi connectivity index (χ3n) is 3.61. The van der Waals surface area contributed by atoms with Crippen molar-refractivity contribution in [1.29, 1.82) is 0 Å². The molecule has 0 saturated heterocycles. The first kappa shape index (κ1) is 12.7. The van der Waals surface area contributed by atoms with Crippen LogP contribution in [0.5, 0.6) is 5.75 Å². The van der Waals surface area contributed by atoms with Gasteiger partial charge in [0.2, 0.25) is 5.91 Å². The van der Waals surface area contributed by atoms with Gasteiger partial charge in [-0.15, -0.1) is 0 Å². The van der Waals surface area contributed by atoms with Gasteiger partial charge in [-0.05, 0) is 36.2 Å². The van der Waals surface area contributed by atoms with Gasteiger partial charge in [-0.3, -0.25) is 9.59 Å². The van der Waals surface area contributed by atoms with Crippen molar-refractivity contribution >= 4 is 17.6 Å². The number of ether oxygens (including phenoxy) is 1. The van der Waals surface area contributed by atoms with Gasteiger partial charge in [0, 0.05) is 11.8 Å². The van der Waals surface area contributed by atoms with E-state index in [4.69, 9.17) is 9.84 Å². The summed E-state index contributed by atoms with van der Waals surface area (Å²) in [5.74, 6) is -0.481. The molecule has 1 amide bonds. The zero-order valence-corrected chi connectivity index (χ0v) is 10.9. The van der Waals surface area contributed by atoms with Gasteiger partial charge < -0.3 is 9.84 Å². The van der Waals surface area contributed by atoms with Gasteiger partial charge in [-0.2, -0.15) is 5.10 Å². The number of carbonyl (C=O) groups is 2. The molecule has 6 nitrogen and oxygen atoms in total. The number of carbonyl (C=O) groups excluding carboxylic acids is 1. The maximum atomic E-state index is 11.9. The predicted octanol–water partition coefficient (Wildman–Crippen LogP) is 0.962. The van der Waals surface area contributed by atoms with Gasteiger partial charge in [-0.1, -0.05) is 0 Å². The standard InChI is InChI=1S/C14H14N2O4/c1-20-9-4-2-8(3-5-9)13-10-6-11(10)14(19)16(15-13)7-12(17)18/h2-5,10-11H,6-7H2,1H3,(H,17,18)/t10-,11+/m1/s1. The van der Waals surface area contributed by atoms with E-state index in [1.165, 1.54) is 0 Å². The van der Waals surface area contributed by atoms with Crippen LogP contribution in [-0.4, -0.2) is 41.4 Å². The molecule has 0 aromatic heterocycles. The molecule has 0 bridgehead atoms. The third kappa shape index (κ3) is 2.13. The quantitative estimate of drug-likeness (QED) is 0.887. The van der Waals surface area contributed by atoms with E-state index in [0.29, 0.717) is 0 Å². The minimum atomic E-state index is -1.06. The van der Waals surface area contributed by atoms with Crippen LogP contribution in [0.1, 0.15) is 12.0 Å². The Morgan fingerprint density at radius 2 is 2.10 bits per heavy atom. The summed E-state index contributed by atoms with van der Waals surface area (Å²) in [7, 11) is 1.59. The fraction of sp³-hybridized carbons (Fsp3) is 0.357. The summed E-state index contributed by atoms with van der Waals surface area (Å²) in [6.45, 7) is -0.387. The van der Waals surface area contributed by atoms with Crippen molar-refractivity contribution in [3.63, 3.8) is 0 Å². The van der Waals surface area contributed by atoms with E-state index in [1.54, 1.807) is 7.11 Å². The number of nitrogens with zero attached hydrogens (tertiary/aromatic N) is 2. The van der Waals surface area contributed by atoms with Crippen LogP contribution in [0, 0.1) is 11.8 Å². The molecule has 1 N–H and O–H groups in total. The smallest absolute Gasteiger partial charge is 0.325 e. The van der Waals surface area contributed by atoms with E-state index in [1.807, 2.05) is 24.3 Å². The van der Waals surface area contributed by atoms with E-state index in [-0.39, 0.29) is 24.3 Å². The van der Waals surface area contributed by atoms with Crippen molar-refractivity contribution in [3.8, 4) is 5.75 Å². The highest BCUT2D eigenvalue weighted by Gasteiger charge is 2.52. The van der Waals surface area contributed by atoms with Crippen molar-refractivity contribution in [2.45, 2.75) is 6.42 Å². The minimum absolute atomic E-state index is 0.107. The van der Waals surface area contributed by atoms with E-state index in [0.717, 1.165) is 28.5 Å². The van der Waals surface area contributed by atoms with Gasteiger partial charge in [-0.25, -0.2) is 5.01 Å². The largest absolute Gasteiger partial charge is 0.497 e. The van der Waals surface area contributed by atoms with Crippen molar-refractivity contribution in [2.75, 3.05) is 13.7 Å². The van der Waals surface area contributed by atoms with E-state index in [2.05, 4.69) is 5.10 Å². The highest BCUT2D eigenvalue weighted by Crippen LogP contribution is 2.45. The molecule has 1 fully saturated rings. The number of benzene rings is 1. The summed E-state index contributed by atoms with van der Waals surface area (Å²) < 4.78 is 5.10. The molecule has 20 heavy (non-hydrogen) atoms. The Morgan fingerprint density at radius 1 is 1.40 bits per heavy atom. The minimum Gasteiger partial charge on any atom is -0.497 e. The molecular formula is C14H14N2O4.